The molecule has 0 atom stereocenters. The molecule has 2 rings (SSSR count). The number of aromatic nitrogens is 3. The average Bonchev–Trinajstić information content (AvgIpc) is 2.33. The van der Waals surface area contributed by atoms with E-state index in [0.717, 1.165) is 11.0 Å². The van der Waals surface area contributed by atoms with E-state index in [2.05, 4.69) is 15.0 Å². The van der Waals surface area contributed by atoms with Crippen molar-refractivity contribution in [3.05, 3.63) is 24.8 Å². The molecule has 0 aliphatic rings. The van der Waals surface area contributed by atoms with Gasteiger partial charge in [-0.25, -0.2) is 9.97 Å². The Morgan fingerprint density at radius 3 is 2.91 bits per heavy atom. The van der Waals surface area contributed by atoms with Crippen molar-refractivity contribution in [2.24, 2.45) is 0 Å². The van der Waals surface area contributed by atoms with Crippen molar-refractivity contribution < 1.29 is 4.70 Å². The standard InChI is InChI=1S/C6H5N3.ClH.FH/c1-2-8-6-3-7-4-9-5(1)6;;/h1-4,8H;2*1H. The van der Waals surface area contributed by atoms with Crippen molar-refractivity contribution in [1.29, 1.82) is 0 Å². The Balaban J connectivity index is 0.000000500. The van der Waals surface area contributed by atoms with Gasteiger partial charge in [0.15, 0.2) is 0 Å². The summed E-state index contributed by atoms with van der Waals surface area (Å²) in [7, 11) is 0. The quantitative estimate of drug-likeness (QED) is 0.660. The number of rotatable bonds is 0. The lowest BCUT2D eigenvalue weighted by Crippen LogP contribution is -1.74. The summed E-state index contributed by atoms with van der Waals surface area (Å²) in [6, 6.07) is 1.91. The normalized spacial score (nSPS) is 8.36. The summed E-state index contributed by atoms with van der Waals surface area (Å²) in [5.74, 6) is 0. The van der Waals surface area contributed by atoms with Crippen molar-refractivity contribution >= 4 is 23.4 Å². The molecule has 0 aliphatic heterocycles. The molecule has 2 aromatic rings. The molecule has 0 saturated carbocycles. The second-order valence-electron chi connectivity index (χ2n) is 1.80. The highest BCUT2D eigenvalue weighted by Gasteiger charge is 1.89. The minimum absolute atomic E-state index is 0. The Kier molecular flexibility index (Phi) is 3.47. The third kappa shape index (κ3) is 1.65. The minimum Gasteiger partial charge on any atom is -0.359 e. The Labute approximate surface area is 68.6 Å². The fourth-order valence-electron chi connectivity index (χ4n) is 0.793. The molecule has 11 heavy (non-hydrogen) atoms. The summed E-state index contributed by atoms with van der Waals surface area (Å²) >= 11 is 0. The van der Waals surface area contributed by atoms with Crippen molar-refractivity contribution in [2.75, 3.05) is 0 Å². The van der Waals surface area contributed by atoms with Crippen LogP contribution in [0.3, 0.4) is 0 Å². The SMILES string of the molecule is Cl.F.c1ncc2[nH]ccc2n1. The summed E-state index contributed by atoms with van der Waals surface area (Å²) in [4.78, 5) is 10.8. The molecule has 2 aromatic heterocycles. The maximum Gasteiger partial charge on any atom is 0.116 e. The molecule has 0 bridgehead atoms. The van der Waals surface area contributed by atoms with Crippen LogP contribution in [-0.4, -0.2) is 15.0 Å². The Morgan fingerprint density at radius 1 is 1.36 bits per heavy atom. The van der Waals surface area contributed by atoms with Gasteiger partial charge in [0.05, 0.1) is 17.2 Å². The highest BCUT2D eigenvalue weighted by Crippen LogP contribution is 2.03. The zero-order chi connectivity index (χ0) is 6.10. The first-order chi connectivity index (χ1) is 4.47. The van der Waals surface area contributed by atoms with Gasteiger partial charge in [-0.15, -0.1) is 12.4 Å². The summed E-state index contributed by atoms with van der Waals surface area (Å²) in [5, 5.41) is 0. The lowest BCUT2D eigenvalue weighted by molar-refractivity contribution is 1.11. The molecule has 0 saturated heterocycles. The number of H-pyrrole nitrogens is 1. The van der Waals surface area contributed by atoms with Crippen LogP contribution in [-0.2, 0) is 0 Å². The van der Waals surface area contributed by atoms with E-state index in [1.807, 2.05) is 12.3 Å². The number of hydrogen-bond donors (Lipinski definition) is 1. The second kappa shape index (κ2) is 3.88. The van der Waals surface area contributed by atoms with E-state index in [9.17, 15) is 0 Å². The third-order valence-corrected chi connectivity index (χ3v) is 1.22. The lowest BCUT2D eigenvalue weighted by atomic mass is 10.5. The molecule has 60 valence electrons. The topological polar surface area (TPSA) is 41.6 Å². The van der Waals surface area contributed by atoms with Gasteiger partial charge in [-0.1, -0.05) is 0 Å². The van der Waals surface area contributed by atoms with Crippen LogP contribution in [0, 0.1) is 0 Å². The number of aromatic amines is 1. The zero-order valence-corrected chi connectivity index (χ0v) is 6.34. The fourth-order valence-corrected chi connectivity index (χ4v) is 0.793. The number of halogens is 2. The van der Waals surface area contributed by atoms with Crippen molar-refractivity contribution in [3.8, 4) is 0 Å². The van der Waals surface area contributed by atoms with Crippen LogP contribution >= 0.6 is 12.4 Å². The molecule has 0 spiro atoms. The maximum atomic E-state index is 4.00. The van der Waals surface area contributed by atoms with Crippen LogP contribution in [0.5, 0.6) is 0 Å². The first kappa shape index (κ1) is 9.84. The van der Waals surface area contributed by atoms with Gasteiger partial charge in [-0.3, -0.25) is 4.70 Å². The Hall–Kier alpha value is -1.16. The average molecular weight is 176 g/mol. The highest BCUT2D eigenvalue weighted by molar-refractivity contribution is 5.85. The molecular formula is C6H7ClFN3. The number of hydrogen-bond acceptors (Lipinski definition) is 2. The number of nitrogens with zero attached hydrogens (tertiary/aromatic N) is 2. The number of nitrogens with one attached hydrogen (secondary N) is 1. The van der Waals surface area contributed by atoms with Crippen LogP contribution in [0.4, 0.5) is 4.70 Å². The molecule has 0 unspecified atom stereocenters. The summed E-state index contributed by atoms with van der Waals surface area (Å²) in [6.07, 6.45) is 5.14. The van der Waals surface area contributed by atoms with E-state index in [1.54, 1.807) is 6.20 Å². The fraction of sp³-hybridized carbons (Fsp3) is 0. The van der Waals surface area contributed by atoms with Crippen LogP contribution in [0.1, 0.15) is 0 Å². The van der Waals surface area contributed by atoms with Gasteiger partial charge in [-0.05, 0) is 6.07 Å². The van der Waals surface area contributed by atoms with Gasteiger partial charge < -0.3 is 4.98 Å². The van der Waals surface area contributed by atoms with E-state index in [0.29, 0.717) is 0 Å². The monoisotopic (exact) mass is 175 g/mol. The molecule has 3 nitrogen and oxygen atoms in total. The maximum absolute atomic E-state index is 4.00. The van der Waals surface area contributed by atoms with Gasteiger partial charge in [-0.2, -0.15) is 0 Å². The molecule has 0 amide bonds. The highest BCUT2D eigenvalue weighted by atomic mass is 35.5. The molecule has 0 fully saturated rings. The molecule has 2 heterocycles. The first-order valence-corrected chi connectivity index (χ1v) is 2.70. The summed E-state index contributed by atoms with van der Waals surface area (Å²) < 4.78 is 0. The van der Waals surface area contributed by atoms with E-state index in [4.69, 9.17) is 0 Å². The number of fused-ring (bicyclic) bond motifs is 1. The van der Waals surface area contributed by atoms with Gasteiger partial charge >= 0.3 is 0 Å². The zero-order valence-electron chi connectivity index (χ0n) is 5.52. The van der Waals surface area contributed by atoms with Gasteiger partial charge in [0.25, 0.3) is 0 Å². The lowest BCUT2D eigenvalue weighted by Gasteiger charge is -1.82. The molecular weight excluding hydrogens is 169 g/mol. The van der Waals surface area contributed by atoms with E-state index in [-0.39, 0.29) is 17.1 Å². The molecule has 0 aliphatic carbocycles. The van der Waals surface area contributed by atoms with Crippen LogP contribution < -0.4 is 0 Å². The second-order valence-corrected chi connectivity index (χ2v) is 1.80. The van der Waals surface area contributed by atoms with E-state index < -0.39 is 0 Å². The van der Waals surface area contributed by atoms with Crippen LogP contribution in [0.15, 0.2) is 24.8 Å². The summed E-state index contributed by atoms with van der Waals surface area (Å²) in [6.45, 7) is 0. The molecule has 1 N–H and O–H groups in total. The van der Waals surface area contributed by atoms with Crippen LogP contribution in [0.25, 0.3) is 11.0 Å². The third-order valence-electron chi connectivity index (χ3n) is 1.22. The van der Waals surface area contributed by atoms with Crippen molar-refractivity contribution in [2.45, 2.75) is 0 Å². The van der Waals surface area contributed by atoms with Crippen molar-refractivity contribution in [1.82, 2.24) is 15.0 Å². The Morgan fingerprint density at radius 2 is 2.18 bits per heavy atom. The van der Waals surface area contributed by atoms with E-state index in [1.165, 1.54) is 6.33 Å². The van der Waals surface area contributed by atoms with Gasteiger partial charge in [0.2, 0.25) is 0 Å². The summed E-state index contributed by atoms with van der Waals surface area (Å²) in [5.41, 5.74) is 1.95. The van der Waals surface area contributed by atoms with E-state index >= 15 is 0 Å². The molecule has 0 aromatic carbocycles. The molecule has 5 heteroatoms. The largest absolute Gasteiger partial charge is 0.359 e. The Bertz CT molecular complexity index is 292. The van der Waals surface area contributed by atoms with Crippen LogP contribution in [0.2, 0.25) is 0 Å². The van der Waals surface area contributed by atoms with Gasteiger partial charge in [0.1, 0.15) is 6.33 Å². The molecule has 0 radical (unpaired) electrons. The predicted molar refractivity (Wildman–Crippen MR) is 43.6 cm³/mol. The van der Waals surface area contributed by atoms with Gasteiger partial charge in [0, 0.05) is 6.20 Å². The minimum atomic E-state index is 0. The van der Waals surface area contributed by atoms with Crippen molar-refractivity contribution in [3.63, 3.8) is 0 Å². The first-order valence-electron chi connectivity index (χ1n) is 2.70. The smallest absolute Gasteiger partial charge is 0.116 e. The predicted octanol–water partition coefficient (Wildman–Crippen LogP) is 1.53.